The number of carbonyl (C=O) groups is 3. The number of carbonyl (C=O) groups excluding carboxylic acids is 3. The number of halogens is 2. The van der Waals surface area contributed by atoms with Gasteiger partial charge in [0.2, 0.25) is 5.88 Å². The van der Waals surface area contributed by atoms with Gasteiger partial charge in [-0.05, 0) is 37.3 Å². The first-order chi connectivity index (χ1) is 14.9. The zero-order valence-electron chi connectivity index (χ0n) is 16.2. The molecule has 0 spiro atoms. The lowest BCUT2D eigenvalue weighted by molar-refractivity contribution is 0.0527. The van der Waals surface area contributed by atoms with Crippen LogP contribution in [0.1, 0.15) is 43.8 Å². The van der Waals surface area contributed by atoms with E-state index < -0.39 is 17.5 Å². The molecule has 0 aliphatic heterocycles. The quantitative estimate of drug-likeness (QED) is 0.289. The Kier molecular flexibility index (Phi) is 5.67. The van der Waals surface area contributed by atoms with Crippen LogP contribution in [0.5, 0.6) is 0 Å². The van der Waals surface area contributed by atoms with Crippen LogP contribution in [-0.4, -0.2) is 24.1 Å². The van der Waals surface area contributed by atoms with Crippen LogP contribution in [0.25, 0.3) is 6.08 Å². The molecule has 0 saturated carbocycles. The highest BCUT2D eigenvalue weighted by atomic mass is 35.5. The molecule has 0 unspecified atom stereocenters. The summed E-state index contributed by atoms with van der Waals surface area (Å²) in [5, 5.41) is 3.42. The number of esters is 1. The fourth-order valence-corrected chi connectivity index (χ4v) is 3.58. The minimum atomic E-state index is -0.704. The molecule has 0 atom stereocenters. The Labute approximate surface area is 187 Å². The summed E-state index contributed by atoms with van der Waals surface area (Å²) in [6.45, 7) is 1.79. The number of ketones is 2. The van der Waals surface area contributed by atoms with E-state index in [-0.39, 0.29) is 34.4 Å². The van der Waals surface area contributed by atoms with E-state index in [0.29, 0.717) is 21.8 Å². The molecule has 1 aromatic heterocycles. The van der Waals surface area contributed by atoms with Crippen molar-refractivity contribution < 1.29 is 23.5 Å². The molecule has 156 valence electrons. The SMILES string of the molecule is CCOC(=O)c1c(Nc2ccc(Cl)cc2)oc(C=C2C(=O)c3ccccc3C2=O)c1Cl. The number of fused-ring (bicyclic) bond motifs is 1. The van der Waals surface area contributed by atoms with Gasteiger partial charge in [0.15, 0.2) is 11.6 Å². The molecular weight excluding hydrogens is 441 g/mol. The highest BCUT2D eigenvalue weighted by Crippen LogP contribution is 2.37. The Bertz CT molecular complexity index is 1200. The van der Waals surface area contributed by atoms with E-state index in [2.05, 4.69) is 5.32 Å². The number of hydrogen-bond donors (Lipinski definition) is 1. The Morgan fingerprint density at radius 1 is 1.03 bits per heavy atom. The number of ether oxygens (including phenoxy) is 1. The number of Topliss-reactive ketones (excluding diaryl/α,β-unsaturated/α-hetero) is 2. The molecule has 31 heavy (non-hydrogen) atoms. The minimum absolute atomic E-state index is 0.00862. The largest absolute Gasteiger partial charge is 0.462 e. The topological polar surface area (TPSA) is 85.6 Å². The van der Waals surface area contributed by atoms with Crippen LogP contribution in [0.15, 0.2) is 58.5 Å². The van der Waals surface area contributed by atoms with E-state index in [0.717, 1.165) is 0 Å². The van der Waals surface area contributed by atoms with Crippen molar-refractivity contribution in [1.29, 1.82) is 0 Å². The predicted molar refractivity (Wildman–Crippen MR) is 117 cm³/mol. The monoisotopic (exact) mass is 455 g/mol. The summed E-state index contributed by atoms with van der Waals surface area (Å²) in [5.74, 6) is -1.56. The first-order valence-corrected chi connectivity index (χ1v) is 10.1. The van der Waals surface area contributed by atoms with Gasteiger partial charge in [-0.1, -0.05) is 47.5 Å². The van der Waals surface area contributed by atoms with Crippen LogP contribution in [-0.2, 0) is 4.74 Å². The van der Waals surface area contributed by atoms with Crippen molar-refractivity contribution in [2.45, 2.75) is 6.92 Å². The molecule has 6 nitrogen and oxygen atoms in total. The average molecular weight is 456 g/mol. The Morgan fingerprint density at radius 3 is 2.23 bits per heavy atom. The Hall–Kier alpha value is -3.35. The second-order valence-electron chi connectivity index (χ2n) is 6.60. The molecule has 4 rings (SSSR count). The van der Waals surface area contributed by atoms with Gasteiger partial charge in [-0.3, -0.25) is 9.59 Å². The molecule has 1 heterocycles. The number of furan rings is 1. The molecule has 0 amide bonds. The second kappa shape index (κ2) is 8.41. The summed E-state index contributed by atoms with van der Waals surface area (Å²) in [5.41, 5.74) is 1.07. The van der Waals surface area contributed by atoms with Crippen LogP contribution in [0, 0.1) is 0 Å². The van der Waals surface area contributed by atoms with Gasteiger partial charge in [0.05, 0.1) is 12.2 Å². The van der Waals surface area contributed by atoms with E-state index in [1.165, 1.54) is 6.08 Å². The molecule has 0 bridgehead atoms. The maximum absolute atomic E-state index is 12.7. The standard InChI is InChI=1S/C23H15Cl2NO5/c1-2-30-23(29)18-19(25)17(31-22(18)26-13-9-7-12(24)8-10-13)11-16-20(27)14-5-3-4-6-15(14)21(16)28/h3-11,26H,2H2,1H3. The maximum atomic E-state index is 12.7. The molecular formula is C23H15Cl2NO5. The van der Waals surface area contributed by atoms with Gasteiger partial charge in [-0.2, -0.15) is 0 Å². The summed E-state index contributed by atoms with van der Waals surface area (Å²) >= 11 is 12.3. The van der Waals surface area contributed by atoms with Crippen molar-refractivity contribution in [2.75, 3.05) is 11.9 Å². The van der Waals surface area contributed by atoms with Gasteiger partial charge in [0.1, 0.15) is 16.3 Å². The summed E-state index contributed by atoms with van der Waals surface area (Å²) in [6.07, 6.45) is 1.25. The fraction of sp³-hybridized carbons (Fsp3) is 0.0870. The van der Waals surface area contributed by atoms with Gasteiger partial charge in [0.25, 0.3) is 0 Å². The van der Waals surface area contributed by atoms with Crippen molar-refractivity contribution in [3.05, 3.63) is 86.6 Å². The number of rotatable bonds is 5. The van der Waals surface area contributed by atoms with Gasteiger partial charge >= 0.3 is 5.97 Å². The van der Waals surface area contributed by atoms with Crippen LogP contribution in [0.4, 0.5) is 11.6 Å². The summed E-state index contributed by atoms with van der Waals surface area (Å²) in [4.78, 5) is 37.9. The number of anilines is 2. The summed E-state index contributed by atoms with van der Waals surface area (Å²) < 4.78 is 10.8. The smallest absolute Gasteiger partial charge is 0.345 e. The van der Waals surface area contributed by atoms with Gasteiger partial charge in [-0.15, -0.1) is 0 Å². The zero-order chi connectivity index (χ0) is 22.1. The van der Waals surface area contributed by atoms with Gasteiger partial charge in [-0.25, -0.2) is 4.79 Å². The average Bonchev–Trinajstić information content (AvgIpc) is 3.19. The van der Waals surface area contributed by atoms with Crippen molar-refractivity contribution in [3.8, 4) is 0 Å². The molecule has 1 N–H and O–H groups in total. The molecule has 0 fully saturated rings. The molecule has 3 aromatic rings. The Morgan fingerprint density at radius 2 is 1.65 bits per heavy atom. The first-order valence-electron chi connectivity index (χ1n) is 9.32. The molecule has 2 aromatic carbocycles. The third-order valence-electron chi connectivity index (χ3n) is 4.64. The number of nitrogens with one attached hydrogen (secondary N) is 1. The second-order valence-corrected chi connectivity index (χ2v) is 7.41. The molecule has 8 heteroatoms. The van der Waals surface area contributed by atoms with E-state index >= 15 is 0 Å². The fourth-order valence-electron chi connectivity index (χ4n) is 3.19. The van der Waals surface area contributed by atoms with E-state index in [1.54, 1.807) is 55.5 Å². The highest BCUT2D eigenvalue weighted by Gasteiger charge is 2.34. The zero-order valence-corrected chi connectivity index (χ0v) is 17.7. The van der Waals surface area contributed by atoms with E-state index in [4.69, 9.17) is 32.4 Å². The number of hydrogen-bond acceptors (Lipinski definition) is 6. The van der Waals surface area contributed by atoms with Crippen LogP contribution < -0.4 is 5.32 Å². The summed E-state index contributed by atoms with van der Waals surface area (Å²) in [6, 6.07) is 13.2. The molecule has 0 saturated heterocycles. The van der Waals surface area contributed by atoms with Crippen LogP contribution in [0.3, 0.4) is 0 Å². The lowest BCUT2D eigenvalue weighted by Crippen LogP contribution is -2.06. The Balaban J connectivity index is 1.78. The molecule has 1 aliphatic rings. The van der Waals surface area contributed by atoms with Crippen LogP contribution >= 0.6 is 23.2 Å². The van der Waals surface area contributed by atoms with Crippen LogP contribution in [0.2, 0.25) is 10.0 Å². The van der Waals surface area contributed by atoms with Crippen molar-refractivity contribution in [1.82, 2.24) is 0 Å². The van der Waals surface area contributed by atoms with E-state index in [1.807, 2.05) is 0 Å². The molecule has 1 aliphatic carbocycles. The third-order valence-corrected chi connectivity index (χ3v) is 5.26. The third kappa shape index (κ3) is 3.87. The number of allylic oxidation sites excluding steroid dienone is 1. The van der Waals surface area contributed by atoms with Crippen molar-refractivity contribution in [3.63, 3.8) is 0 Å². The lowest BCUT2D eigenvalue weighted by Gasteiger charge is -2.06. The highest BCUT2D eigenvalue weighted by molar-refractivity contribution is 6.42. The minimum Gasteiger partial charge on any atom is -0.462 e. The van der Waals surface area contributed by atoms with Gasteiger partial charge in [0, 0.05) is 21.8 Å². The van der Waals surface area contributed by atoms with Crippen molar-refractivity contribution in [2.24, 2.45) is 0 Å². The van der Waals surface area contributed by atoms with Gasteiger partial charge < -0.3 is 14.5 Å². The van der Waals surface area contributed by atoms with Crippen molar-refractivity contribution >= 4 is 58.4 Å². The number of benzene rings is 2. The molecule has 0 radical (unpaired) electrons. The lowest BCUT2D eigenvalue weighted by atomic mass is 10.1. The maximum Gasteiger partial charge on any atom is 0.345 e. The normalized spacial score (nSPS) is 12.7. The summed E-state index contributed by atoms with van der Waals surface area (Å²) in [7, 11) is 0. The van der Waals surface area contributed by atoms with E-state index in [9.17, 15) is 14.4 Å². The predicted octanol–water partition coefficient (Wildman–Crippen LogP) is 5.97. The first kappa shape index (κ1) is 20.9.